The van der Waals surface area contributed by atoms with Gasteiger partial charge >= 0.3 is 0 Å². The first-order chi connectivity index (χ1) is 12.0. The summed E-state index contributed by atoms with van der Waals surface area (Å²) in [5, 5.41) is 11.4. The zero-order valence-electron chi connectivity index (χ0n) is 14.6. The van der Waals surface area contributed by atoms with Crippen molar-refractivity contribution in [3.63, 3.8) is 0 Å². The standard InChI is InChI=1S/C18H22N6O/c1-13(2)9-14(3)24-17(7-8-20-24)22-18(25)15-5-4-6-16(10-15)23-12-19-11-21-23/h4-8,10-14H,9H2,1-3H3,(H,22,25)/t14-/m1/s1. The summed E-state index contributed by atoms with van der Waals surface area (Å²) < 4.78 is 3.48. The summed E-state index contributed by atoms with van der Waals surface area (Å²) in [5.41, 5.74) is 1.34. The molecule has 0 spiro atoms. The van der Waals surface area contributed by atoms with Crippen molar-refractivity contribution in [3.05, 3.63) is 54.7 Å². The minimum Gasteiger partial charge on any atom is -0.307 e. The highest BCUT2D eigenvalue weighted by Gasteiger charge is 2.15. The lowest BCUT2D eigenvalue weighted by Crippen LogP contribution is -2.18. The van der Waals surface area contributed by atoms with Crippen molar-refractivity contribution < 1.29 is 4.79 Å². The molecule has 3 rings (SSSR count). The molecule has 1 amide bonds. The van der Waals surface area contributed by atoms with Crippen molar-refractivity contribution in [2.75, 3.05) is 5.32 Å². The van der Waals surface area contributed by atoms with Crippen LogP contribution >= 0.6 is 0 Å². The molecule has 1 N–H and O–H groups in total. The van der Waals surface area contributed by atoms with Gasteiger partial charge in [0.1, 0.15) is 18.5 Å². The molecule has 3 aromatic rings. The van der Waals surface area contributed by atoms with Crippen molar-refractivity contribution >= 4 is 11.7 Å². The first-order valence-corrected chi connectivity index (χ1v) is 8.34. The molecule has 0 aliphatic heterocycles. The second-order valence-corrected chi connectivity index (χ2v) is 6.48. The number of carbonyl (C=O) groups excluding carboxylic acids is 1. The summed E-state index contributed by atoms with van der Waals surface area (Å²) >= 11 is 0. The lowest BCUT2D eigenvalue weighted by atomic mass is 10.1. The molecule has 2 heterocycles. The van der Waals surface area contributed by atoms with Crippen LogP contribution in [0.15, 0.2) is 49.2 Å². The summed E-state index contributed by atoms with van der Waals surface area (Å²) in [6.45, 7) is 6.45. The normalized spacial score (nSPS) is 12.3. The van der Waals surface area contributed by atoms with Gasteiger partial charge in [-0.1, -0.05) is 19.9 Å². The molecule has 0 radical (unpaired) electrons. The van der Waals surface area contributed by atoms with E-state index in [0.717, 1.165) is 12.1 Å². The molecule has 130 valence electrons. The Kier molecular flexibility index (Phi) is 4.92. The summed E-state index contributed by atoms with van der Waals surface area (Å²) in [7, 11) is 0. The van der Waals surface area contributed by atoms with E-state index >= 15 is 0 Å². The van der Waals surface area contributed by atoms with Gasteiger partial charge in [0.15, 0.2) is 0 Å². The van der Waals surface area contributed by atoms with Crippen LogP contribution in [0.5, 0.6) is 0 Å². The number of aromatic nitrogens is 5. The zero-order valence-corrected chi connectivity index (χ0v) is 14.6. The predicted octanol–water partition coefficient (Wildman–Crippen LogP) is 3.32. The highest BCUT2D eigenvalue weighted by Crippen LogP contribution is 2.21. The number of hydrogen-bond donors (Lipinski definition) is 1. The Labute approximate surface area is 146 Å². The molecule has 0 fully saturated rings. The Hall–Kier alpha value is -2.96. The van der Waals surface area contributed by atoms with Gasteiger partial charge in [0.25, 0.3) is 5.91 Å². The third kappa shape index (κ3) is 3.93. The van der Waals surface area contributed by atoms with Crippen LogP contribution in [0.4, 0.5) is 5.82 Å². The Morgan fingerprint density at radius 1 is 1.20 bits per heavy atom. The van der Waals surface area contributed by atoms with E-state index in [9.17, 15) is 4.79 Å². The van der Waals surface area contributed by atoms with Gasteiger partial charge in [0.2, 0.25) is 0 Å². The number of nitrogens with one attached hydrogen (secondary N) is 1. The number of hydrogen-bond acceptors (Lipinski definition) is 4. The van der Waals surface area contributed by atoms with E-state index in [2.05, 4.69) is 41.3 Å². The van der Waals surface area contributed by atoms with E-state index in [0.29, 0.717) is 17.3 Å². The SMILES string of the molecule is CC(C)C[C@@H](C)n1nccc1NC(=O)c1cccc(-n2cncn2)c1. The van der Waals surface area contributed by atoms with Gasteiger partial charge in [0.05, 0.1) is 17.9 Å². The third-order valence-electron chi connectivity index (χ3n) is 3.93. The second-order valence-electron chi connectivity index (χ2n) is 6.48. The van der Waals surface area contributed by atoms with Gasteiger partial charge in [-0.2, -0.15) is 10.2 Å². The fraction of sp³-hybridized carbons (Fsp3) is 0.333. The summed E-state index contributed by atoms with van der Waals surface area (Å²) in [5.74, 6) is 1.08. The van der Waals surface area contributed by atoms with Crippen LogP contribution in [-0.2, 0) is 0 Å². The molecular weight excluding hydrogens is 316 g/mol. The fourth-order valence-electron chi connectivity index (χ4n) is 2.87. The molecule has 0 saturated carbocycles. The predicted molar refractivity (Wildman–Crippen MR) is 95.7 cm³/mol. The van der Waals surface area contributed by atoms with Crippen molar-refractivity contribution in [1.82, 2.24) is 24.5 Å². The molecule has 1 aromatic carbocycles. The van der Waals surface area contributed by atoms with Crippen LogP contribution in [0.25, 0.3) is 5.69 Å². The first-order valence-electron chi connectivity index (χ1n) is 8.34. The van der Waals surface area contributed by atoms with E-state index in [1.54, 1.807) is 29.3 Å². The number of benzene rings is 1. The molecular formula is C18H22N6O. The van der Waals surface area contributed by atoms with Crippen LogP contribution in [0.2, 0.25) is 0 Å². The minimum absolute atomic E-state index is 0.180. The molecule has 0 aliphatic rings. The second kappa shape index (κ2) is 7.29. The minimum atomic E-state index is -0.180. The zero-order chi connectivity index (χ0) is 17.8. The molecule has 7 heteroatoms. The molecule has 0 unspecified atom stereocenters. The summed E-state index contributed by atoms with van der Waals surface area (Å²) in [6, 6.07) is 9.28. The molecule has 0 saturated heterocycles. The quantitative estimate of drug-likeness (QED) is 0.748. The van der Waals surface area contributed by atoms with Gasteiger partial charge < -0.3 is 5.32 Å². The van der Waals surface area contributed by atoms with Gasteiger partial charge in [-0.25, -0.2) is 14.3 Å². The average Bonchev–Trinajstić information content (AvgIpc) is 3.26. The van der Waals surface area contributed by atoms with E-state index in [4.69, 9.17) is 0 Å². The largest absolute Gasteiger partial charge is 0.307 e. The number of nitrogens with zero attached hydrogens (tertiary/aromatic N) is 5. The molecule has 1 atom stereocenters. The van der Waals surface area contributed by atoms with Crippen LogP contribution < -0.4 is 5.32 Å². The number of amides is 1. The summed E-state index contributed by atoms with van der Waals surface area (Å²) in [4.78, 5) is 16.6. The van der Waals surface area contributed by atoms with Gasteiger partial charge in [0, 0.05) is 11.6 Å². The Balaban J connectivity index is 1.78. The Morgan fingerprint density at radius 3 is 2.76 bits per heavy atom. The van der Waals surface area contributed by atoms with Crippen LogP contribution in [-0.4, -0.2) is 30.5 Å². The maximum absolute atomic E-state index is 12.6. The molecule has 25 heavy (non-hydrogen) atoms. The van der Waals surface area contributed by atoms with Gasteiger partial charge in [-0.15, -0.1) is 0 Å². The lowest BCUT2D eigenvalue weighted by molar-refractivity contribution is 0.102. The molecule has 0 aliphatic carbocycles. The molecule has 0 bridgehead atoms. The maximum atomic E-state index is 12.6. The van der Waals surface area contributed by atoms with E-state index in [1.807, 2.05) is 22.9 Å². The van der Waals surface area contributed by atoms with E-state index in [1.165, 1.54) is 6.33 Å². The highest BCUT2D eigenvalue weighted by molar-refractivity contribution is 6.04. The monoisotopic (exact) mass is 338 g/mol. The van der Waals surface area contributed by atoms with Crippen molar-refractivity contribution in [2.45, 2.75) is 33.2 Å². The number of rotatable bonds is 6. The topological polar surface area (TPSA) is 77.6 Å². The van der Waals surface area contributed by atoms with Gasteiger partial charge in [-0.05, 0) is 37.5 Å². The smallest absolute Gasteiger partial charge is 0.256 e. The van der Waals surface area contributed by atoms with Crippen molar-refractivity contribution in [2.24, 2.45) is 5.92 Å². The average molecular weight is 338 g/mol. The lowest BCUT2D eigenvalue weighted by Gasteiger charge is -2.18. The Morgan fingerprint density at radius 2 is 2.04 bits per heavy atom. The molecule has 7 nitrogen and oxygen atoms in total. The maximum Gasteiger partial charge on any atom is 0.256 e. The van der Waals surface area contributed by atoms with Crippen LogP contribution in [0.1, 0.15) is 43.6 Å². The van der Waals surface area contributed by atoms with E-state index < -0.39 is 0 Å². The molecule has 2 aromatic heterocycles. The summed E-state index contributed by atoms with van der Waals surface area (Å²) in [6.07, 6.45) is 5.76. The van der Waals surface area contributed by atoms with Crippen LogP contribution in [0.3, 0.4) is 0 Å². The number of carbonyl (C=O) groups is 1. The van der Waals surface area contributed by atoms with Crippen molar-refractivity contribution in [3.8, 4) is 5.69 Å². The van der Waals surface area contributed by atoms with E-state index in [-0.39, 0.29) is 11.9 Å². The third-order valence-corrected chi connectivity index (χ3v) is 3.93. The van der Waals surface area contributed by atoms with Crippen molar-refractivity contribution in [1.29, 1.82) is 0 Å². The fourth-order valence-corrected chi connectivity index (χ4v) is 2.87. The Bertz CT molecular complexity index is 837. The van der Waals surface area contributed by atoms with Gasteiger partial charge in [-0.3, -0.25) is 4.79 Å². The first kappa shape index (κ1) is 16.9. The van der Waals surface area contributed by atoms with Crippen LogP contribution in [0, 0.1) is 5.92 Å². The highest BCUT2D eigenvalue weighted by atomic mass is 16.1. The number of anilines is 1.